The number of rotatable bonds is 0. The molecule has 0 saturated heterocycles. The van der Waals surface area contributed by atoms with E-state index in [1.165, 1.54) is 5.57 Å². The van der Waals surface area contributed by atoms with Crippen LogP contribution in [0.25, 0.3) is 5.57 Å². The number of hydrogen-bond donors (Lipinski definition) is 1. The van der Waals surface area contributed by atoms with Crippen molar-refractivity contribution in [2.24, 2.45) is 5.73 Å². The first-order valence-electron chi connectivity index (χ1n) is 4.05. The zero-order valence-corrected chi connectivity index (χ0v) is 6.79. The summed E-state index contributed by atoms with van der Waals surface area (Å²) in [6.07, 6.45) is 2.58. The van der Waals surface area contributed by atoms with E-state index in [9.17, 15) is 0 Å². The highest BCUT2D eigenvalue weighted by atomic mass is 16.5. The van der Waals surface area contributed by atoms with Crippen molar-refractivity contribution >= 4 is 5.57 Å². The van der Waals surface area contributed by atoms with E-state index in [4.69, 9.17) is 10.5 Å². The number of ether oxygens (including phenoxy) is 1. The average Bonchev–Trinajstić information content (AvgIpc) is 2.17. The van der Waals surface area contributed by atoms with Crippen LogP contribution in [-0.2, 0) is 0 Å². The van der Waals surface area contributed by atoms with Crippen molar-refractivity contribution in [3.8, 4) is 5.75 Å². The Kier molecular flexibility index (Phi) is 1.74. The Hall–Kier alpha value is -1.44. The third-order valence-electron chi connectivity index (χ3n) is 2.06. The van der Waals surface area contributed by atoms with Crippen LogP contribution in [0.4, 0.5) is 0 Å². The number of nitrogens with two attached hydrogens (primary N) is 1. The molecule has 0 radical (unpaired) electrons. The van der Waals surface area contributed by atoms with Crippen LogP contribution >= 0.6 is 0 Å². The van der Waals surface area contributed by atoms with Gasteiger partial charge in [0.1, 0.15) is 5.75 Å². The first kappa shape index (κ1) is 7.22. The topological polar surface area (TPSA) is 35.2 Å². The van der Waals surface area contributed by atoms with Crippen molar-refractivity contribution < 1.29 is 4.74 Å². The summed E-state index contributed by atoms with van der Waals surface area (Å²) in [5.74, 6) is 0.945. The second-order valence-electron chi connectivity index (χ2n) is 2.79. The van der Waals surface area contributed by atoms with Gasteiger partial charge in [0.2, 0.25) is 0 Å². The number of fused-ring (bicyclic) bond motifs is 1. The van der Waals surface area contributed by atoms with Gasteiger partial charge >= 0.3 is 0 Å². The lowest BCUT2D eigenvalue weighted by atomic mass is 10.0. The second kappa shape index (κ2) is 2.89. The lowest BCUT2D eigenvalue weighted by molar-refractivity contribution is 0.316. The van der Waals surface area contributed by atoms with Gasteiger partial charge in [-0.25, -0.2) is 0 Å². The lowest BCUT2D eigenvalue weighted by Crippen LogP contribution is -2.08. The van der Waals surface area contributed by atoms with Crippen LogP contribution in [-0.4, -0.2) is 6.61 Å². The Morgan fingerprint density at radius 2 is 2.17 bits per heavy atom. The van der Waals surface area contributed by atoms with Crippen LogP contribution in [0.1, 0.15) is 12.0 Å². The maximum absolute atomic E-state index is 5.50. The molecule has 2 N–H and O–H groups in total. The maximum atomic E-state index is 5.50. The molecule has 2 nitrogen and oxygen atoms in total. The van der Waals surface area contributed by atoms with Gasteiger partial charge in [-0.3, -0.25) is 0 Å². The van der Waals surface area contributed by atoms with E-state index >= 15 is 0 Å². The Morgan fingerprint density at radius 1 is 1.33 bits per heavy atom. The van der Waals surface area contributed by atoms with Gasteiger partial charge in [-0.15, -0.1) is 0 Å². The first-order chi connectivity index (χ1) is 5.92. The predicted octanol–water partition coefficient (Wildman–Crippen LogP) is 1.77. The van der Waals surface area contributed by atoms with Crippen LogP contribution < -0.4 is 10.5 Å². The third kappa shape index (κ3) is 1.05. The van der Waals surface area contributed by atoms with Gasteiger partial charge in [-0.1, -0.05) is 18.2 Å². The first-order valence-corrected chi connectivity index (χ1v) is 4.05. The molecule has 0 saturated carbocycles. The van der Waals surface area contributed by atoms with E-state index in [2.05, 4.69) is 0 Å². The summed E-state index contributed by atoms with van der Waals surface area (Å²) in [6.45, 7) is 0.736. The van der Waals surface area contributed by atoms with Crippen molar-refractivity contribution in [2.75, 3.05) is 6.61 Å². The van der Waals surface area contributed by atoms with Gasteiger partial charge in [-0.2, -0.15) is 0 Å². The fourth-order valence-corrected chi connectivity index (χ4v) is 1.44. The second-order valence-corrected chi connectivity index (χ2v) is 2.79. The summed E-state index contributed by atoms with van der Waals surface area (Å²) < 4.78 is 5.46. The van der Waals surface area contributed by atoms with Crippen molar-refractivity contribution in [1.29, 1.82) is 0 Å². The number of para-hydroxylation sites is 1. The molecule has 0 aliphatic carbocycles. The van der Waals surface area contributed by atoms with E-state index in [0.29, 0.717) is 0 Å². The van der Waals surface area contributed by atoms with Crippen LogP contribution in [0.5, 0.6) is 5.75 Å². The van der Waals surface area contributed by atoms with E-state index < -0.39 is 0 Å². The minimum atomic E-state index is 0.736. The van der Waals surface area contributed by atoms with Crippen molar-refractivity contribution in [3.05, 3.63) is 36.0 Å². The number of hydrogen-bond acceptors (Lipinski definition) is 2. The minimum absolute atomic E-state index is 0.736. The van der Waals surface area contributed by atoms with Crippen LogP contribution in [0.2, 0.25) is 0 Å². The van der Waals surface area contributed by atoms with Crippen LogP contribution in [0.15, 0.2) is 30.5 Å². The molecule has 0 spiro atoms. The zero-order chi connectivity index (χ0) is 8.39. The summed E-state index contributed by atoms with van der Waals surface area (Å²) in [5.41, 5.74) is 7.81. The number of benzene rings is 1. The fraction of sp³-hybridized carbons (Fsp3) is 0.200. The average molecular weight is 161 g/mol. The summed E-state index contributed by atoms with van der Waals surface area (Å²) in [7, 11) is 0. The molecule has 2 rings (SSSR count). The van der Waals surface area contributed by atoms with Gasteiger partial charge in [0.15, 0.2) is 0 Å². The van der Waals surface area contributed by atoms with Crippen LogP contribution in [0.3, 0.4) is 0 Å². The molecule has 1 aromatic carbocycles. The van der Waals surface area contributed by atoms with E-state index in [0.717, 1.165) is 24.3 Å². The molecule has 1 aliphatic rings. The Labute approximate surface area is 71.6 Å². The molecular weight excluding hydrogens is 150 g/mol. The molecular formula is C10H11NO. The normalized spacial score (nSPS) is 18.5. The molecule has 0 unspecified atom stereocenters. The molecule has 0 fully saturated rings. The van der Waals surface area contributed by atoms with Crippen molar-refractivity contribution in [3.63, 3.8) is 0 Å². The molecule has 1 aromatic rings. The molecule has 0 bridgehead atoms. The SMILES string of the molecule is NC=C1CCOc2ccccc21. The standard InChI is InChI=1S/C10H11NO/c11-7-8-5-6-12-10-4-2-1-3-9(8)10/h1-4,7H,5-6,11H2. The van der Waals surface area contributed by atoms with Gasteiger partial charge < -0.3 is 10.5 Å². The summed E-state index contributed by atoms with van der Waals surface area (Å²) in [4.78, 5) is 0. The van der Waals surface area contributed by atoms with Crippen molar-refractivity contribution in [1.82, 2.24) is 0 Å². The molecule has 0 atom stereocenters. The minimum Gasteiger partial charge on any atom is -0.493 e. The van der Waals surface area contributed by atoms with Crippen molar-refractivity contribution in [2.45, 2.75) is 6.42 Å². The van der Waals surface area contributed by atoms with Gasteiger partial charge in [0.05, 0.1) is 6.61 Å². The molecule has 1 aliphatic heterocycles. The quantitative estimate of drug-likeness (QED) is 0.629. The zero-order valence-electron chi connectivity index (χ0n) is 6.79. The Balaban J connectivity index is 2.51. The van der Waals surface area contributed by atoms with Gasteiger partial charge in [0, 0.05) is 12.0 Å². The summed E-state index contributed by atoms with van der Waals surface area (Å²) in [5, 5.41) is 0. The third-order valence-corrected chi connectivity index (χ3v) is 2.06. The predicted molar refractivity (Wildman–Crippen MR) is 48.7 cm³/mol. The van der Waals surface area contributed by atoms with E-state index in [1.807, 2.05) is 24.3 Å². The van der Waals surface area contributed by atoms with E-state index in [1.54, 1.807) is 6.20 Å². The molecule has 12 heavy (non-hydrogen) atoms. The Bertz CT molecular complexity index is 317. The fourth-order valence-electron chi connectivity index (χ4n) is 1.44. The lowest BCUT2D eigenvalue weighted by Gasteiger charge is -2.18. The van der Waals surface area contributed by atoms with E-state index in [-0.39, 0.29) is 0 Å². The molecule has 0 amide bonds. The summed E-state index contributed by atoms with van der Waals surface area (Å²) >= 11 is 0. The van der Waals surface area contributed by atoms with Gasteiger partial charge in [0.25, 0.3) is 0 Å². The van der Waals surface area contributed by atoms with Gasteiger partial charge in [-0.05, 0) is 17.8 Å². The summed E-state index contributed by atoms with van der Waals surface area (Å²) in [6, 6.07) is 7.97. The molecule has 62 valence electrons. The smallest absolute Gasteiger partial charge is 0.126 e. The highest BCUT2D eigenvalue weighted by Gasteiger charge is 2.12. The highest BCUT2D eigenvalue weighted by molar-refractivity contribution is 5.71. The molecule has 1 heterocycles. The molecule has 2 heteroatoms. The largest absolute Gasteiger partial charge is 0.493 e. The Morgan fingerprint density at radius 3 is 3.00 bits per heavy atom. The maximum Gasteiger partial charge on any atom is 0.126 e. The monoisotopic (exact) mass is 161 g/mol. The van der Waals surface area contributed by atoms with Crippen LogP contribution in [0, 0.1) is 0 Å². The molecule has 0 aromatic heterocycles. The highest BCUT2D eigenvalue weighted by Crippen LogP contribution is 2.31.